The van der Waals surface area contributed by atoms with Crippen molar-refractivity contribution in [3.63, 3.8) is 0 Å². The molecule has 0 spiro atoms. The number of hydrogen-bond donors (Lipinski definition) is 1. The van der Waals surface area contributed by atoms with Crippen LogP contribution in [-0.2, 0) is 9.59 Å². The van der Waals surface area contributed by atoms with E-state index in [-0.39, 0.29) is 24.3 Å². The molecule has 0 aliphatic carbocycles. The highest BCUT2D eigenvalue weighted by Crippen LogP contribution is 2.28. The van der Waals surface area contributed by atoms with Gasteiger partial charge in [-0.1, -0.05) is 13.8 Å². The van der Waals surface area contributed by atoms with E-state index in [9.17, 15) is 14.7 Å². The largest absolute Gasteiger partial charge is 0.386 e. The fraction of sp³-hybridized carbons (Fsp3) is 0.818. The van der Waals surface area contributed by atoms with Crippen molar-refractivity contribution in [1.29, 1.82) is 0 Å². The van der Waals surface area contributed by atoms with Gasteiger partial charge in [-0.05, 0) is 5.92 Å². The van der Waals surface area contributed by atoms with Gasteiger partial charge in [0.1, 0.15) is 12.1 Å². The van der Waals surface area contributed by atoms with Crippen LogP contribution in [-0.4, -0.2) is 63.6 Å². The summed E-state index contributed by atoms with van der Waals surface area (Å²) in [4.78, 5) is 26.4. The minimum atomic E-state index is -0.737. The Morgan fingerprint density at radius 2 is 2.18 bits per heavy atom. The normalized spacial score (nSPS) is 23.2. The van der Waals surface area contributed by atoms with Crippen LogP contribution in [0.2, 0.25) is 0 Å². The summed E-state index contributed by atoms with van der Waals surface area (Å²) >= 11 is 1.53. The molecule has 0 bridgehead atoms. The third-order valence-electron chi connectivity index (χ3n) is 3.51. The molecule has 2 fully saturated rings. The van der Waals surface area contributed by atoms with Crippen molar-refractivity contribution < 1.29 is 14.7 Å². The van der Waals surface area contributed by atoms with Crippen molar-refractivity contribution in [2.45, 2.75) is 19.4 Å². The highest BCUT2D eigenvalue weighted by molar-refractivity contribution is 8.00. The molecule has 2 heterocycles. The predicted octanol–water partition coefficient (Wildman–Crippen LogP) is -0.251. The molecule has 5 nitrogen and oxygen atoms in total. The van der Waals surface area contributed by atoms with Gasteiger partial charge in [-0.2, -0.15) is 0 Å². The van der Waals surface area contributed by atoms with Crippen molar-refractivity contribution in [3.8, 4) is 0 Å². The molecule has 0 atom stereocenters. The van der Waals surface area contributed by atoms with E-state index < -0.39 is 5.60 Å². The highest BCUT2D eigenvalue weighted by atomic mass is 32.2. The summed E-state index contributed by atoms with van der Waals surface area (Å²) in [7, 11) is 0. The number of β-amino-alcohol motifs (C(OH)–C–C–N with tert-alkyl or cyclic N) is 1. The van der Waals surface area contributed by atoms with Gasteiger partial charge in [-0.15, -0.1) is 11.8 Å². The lowest BCUT2D eigenvalue weighted by Crippen LogP contribution is -2.67. The quantitative estimate of drug-likeness (QED) is 0.758. The first-order valence-corrected chi connectivity index (χ1v) is 6.93. The third kappa shape index (κ3) is 2.42. The van der Waals surface area contributed by atoms with Crippen molar-refractivity contribution in [3.05, 3.63) is 0 Å². The first-order chi connectivity index (χ1) is 7.92. The topological polar surface area (TPSA) is 60.9 Å². The number of carbonyl (C=O) groups excluding carboxylic acids is 2. The Hall–Kier alpha value is -0.750. The third-order valence-corrected chi connectivity index (χ3v) is 4.45. The van der Waals surface area contributed by atoms with Crippen LogP contribution < -0.4 is 0 Å². The maximum atomic E-state index is 11.8. The van der Waals surface area contributed by atoms with E-state index in [0.29, 0.717) is 24.7 Å². The van der Waals surface area contributed by atoms with Gasteiger partial charge in [0.2, 0.25) is 11.8 Å². The Morgan fingerprint density at radius 1 is 1.53 bits per heavy atom. The molecule has 2 aliphatic rings. The second kappa shape index (κ2) is 4.49. The van der Waals surface area contributed by atoms with Crippen LogP contribution in [0.3, 0.4) is 0 Å². The predicted molar refractivity (Wildman–Crippen MR) is 65.4 cm³/mol. The van der Waals surface area contributed by atoms with Gasteiger partial charge >= 0.3 is 0 Å². The van der Waals surface area contributed by atoms with Crippen LogP contribution in [0.1, 0.15) is 13.8 Å². The smallest absolute Gasteiger partial charge is 0.242 e. The molecule has 0 unspecified atom stereocenters. The van der Waals surface area contributed by atoms with Crippen molar-refractivity contribution in [1.82, 2.24) is 9.80 Å². The number of thioether (sulfide) groups is 1. The van der Waals surface area contributed by atoms with Crippen LogP contribution in [0.25, 0.3) is 0 Å². The summed E-state index contributed by atoms with van der Waals surface area (Å²) < 4.78 is 0. The van der Waals surface area contributed by atoms with E-state index in [1.54, 1.807) is 9.80 Å². The summed E-state index contributed by atoms with van der Waals surface area (Å²) in [5.41, 5.74) is -0.737. The van der Waals surface area contributed by atoms with Crippen molar-refractivity contribution in [2.24, 2.45) is 5.92 Å². The zero-order valence-corrected chi connectivity index (χ0v) is 11.0. The van der Waals surface area contributed by atoms with Crippen LogP contribution in [0.15, 0.2) is 0 Å². The van der Waals surface area contributed by atoms with E-state index in [0.717, 1.165) is 0 Å². The van der Waals surface area contributed by atoms with Crippen LogP contribution in [0, 0.1) is 5.92 Å². The number of amides is 2. The summed E-state index contributed by atoms with van der Waals surface area (Å²) in [6.45, 7) is 4.82. The second-order valence-electron chi connectivity index (χ2n) is 5.08. The van der Waals surface area contributed by atoms with E-state index in [2.05, 4.69) is 0 Å². The molecule has 17 heavy (non-hydrogen) atoms. The minimum Gasteiger partial charge on any atom is -0.386 e. The lowest BCUT2D eigenvalue weighted by Gasteiger charge is -2.49. The summed E-state index contributed by atoms with van der Waals surface area (Å²) in [6.07, 6.45) is 0. The van der Waals surface area contributed by atoms with E-state index >= 15 is 0 Å². The Balaban J connectivity index is 1.81. The number of nitrogens with zero attached hydrogens (tertiary/aromatic N) is 2. The number of carbonyl (C=O) groups is 2. The average molecular weight is 258 g/mol. The van der Waals surface area contributed by atoms with Crippen molar-refractivity contribution >= 4 is 23.6 Å². The molecule has 2 amide bonds. The number of rotatable bonds is 3. The Labute approximate surface area is 105 Å². The second-order valence-corrected chi connectivity index (χ2v) is 6.03. The summed E-state index contributed by atoms with van der Waals surface area (Å²) in [5, 5.41) is 10.0. The average Bonchev–Trinajstić information content (AvgIpc) is 2.59. The first-order valence-electron chi connectivity index (χ1n) is 5.78. The number of likely N-dealkylation sites (tertiary alicyclic amines) is 1. The molecular formula is C11H18N2O3S. The van der Waals surface area contributed by atoms with Gasteiger partial charge in [0.15, 0.2) is 0 Å². The van der Waals surface area contributed by atoms with Gasteiger partial charge < -0.3 is 14.9 Å². The zero-order chi connectivity index (χ0) is 12.6. The molecule has 0 aromatic heterocycles. The van der Waals surface area contributed by atoms with Gasteiger partial charge in [-0.25, -0.2) is 0 Å². The van der Waals surface area contributed by atoms with E-state index in [1.807, 2.05) is 13.8 Å². The minimum absolute atomic E-state index is 0.0306. The van der Waals surface area contributed by atoms with Crippen LogP contribution >= 0.6 is 11.8 Å². The van der Waals surface area contributed by atoms with Crippen LogP contribution in [0.4, 0.5) is 0 Å². The lowest BCUT2D eigenvalue weighted by atomic mass is 9.83. The molecule has 0 saturated carbocycles. The molecule has 0 aromatic rings. The number of aliphatic hydroxyl groups is 1. The van der Waals surface area contributed by atoms with Crippen LogP contribution in [0.5, 0.6) is 0 Å². The maximum absolute atomic E-state index is 11.8. The summed E-state index contributed by atoms with van der Waals surface area (Å²) in [5.74, 6) is 1.19. The SMILES string of the molecule is CC(C)C1(O)CN(C(=O)CN2CSCC2=O)C1. The van der Waals surface area contributed by atoms with Gasteiger partial charge in [0.25, 0.3) is 0 Å². The van der Waals surface area contributed by atoms with Crippen molar-refractivity contribution in [2.75, 3.05) is 31.3 Å². The Bertz CT molecular complexity index is 340. The van der Waals surface area contributed by atoms with Gasteiger partial charge in [-0.3, -0.25) is 9.59 Å². The molecule has 2 rings (SSSR count). The molecule has 1 N–H and O–H groups in total. The summed E-state index contributed by atoms with van der Waals surface area (Å²) in [6, 6.07) is 0. The molecule has 2 aliphatic heterocycles. The molecule has 2 saturated heterocycles. The molecule has 0 aromatic carbocycles. The fourth-order valence-corrected chi connectivity index (χ4v) is 2.86. The molecule has 96 valence electrons. The molecule has 0 radical (unpaired) electrons. The van der Waals surface area contributed by atoms with Gasteiger partial charge in [0, 0.05) is 0 Å². The monoisotopic (exact) mass is 258 g/mol. The lowest BCUT2D eigenvalue weighted by molar-refractivity contribution is -0.165. The first kappa shape index (κ1) is 12.7. The fourth-order valence-electron chi connectivity index (χ4n) is 1.96. The maximum Gasteiger partial charge on any atom is 0.242 e. The van der Waals surface area contributed by atoms with E-state index in [1.165, 1.54) is 11.8 Å². The standard InChI is InChI=1S/C11H18N2O3S/c1-8(2)11(16)5-13(6-11)9(14)3-12-7-17-4-10(12)15/h8,16H,3-7H2,1-2H3. The highest BCUT2D eigenvalue weighted by Gasteiger charge is 2.46. The number of hydrogen-bond acceptors (Lipinski definition) is 4. The Kier molecular flexibility index (Phi) is 3.36. The Morgan fingerprint density at radius 3 is 2.65 bits per heavy atom. The van der Waals surface area contributed by atoms with Gasteiger partial charge in [0.05, 0.1) is 24.7 Å². The molecular weight excluding hydrogens is 240 g/mol. The molecule has 6 heteroatoms. The zero-order valence-electron chi connectivity index (χ0n) is 10.2. The van der Waals surface area contributed by atoms with E-state index in [4.69, 9.17) is 0 Å².